The van der Waals surface area contributed by atoms with Gasteiger partial charge in [-0.2, -0.15) is 0 Å². The molecule has 1 amide bonds. The van der Waals surface area contributed by atoms with Crippen LogP contribution >= 0.6 is 0 Å². The molecule has 1 saturated heterocycles. The fourth-order valence-corrected chi connectivity index (χ4v) is 2.98. The predicted octanol–water partition coefficient (Wildman–Crippen LogP) is 1.38. The number of hydrogen-bond acceptors (Lipinski definition) is 4. The van der Waals surface area contributed by atoms with Crippen LogP contribution in [0.5, 0.6) is 0 Å². The molecular formula is C16H24N4O. The van der Waals surface area contributed by atoms with Crippen molar-refractivity contribution in [1.82, 2.24) is 9.88 Å². The lowest BCUT2D eigenvalue weighted by Crippen LogP contribution is -2.49. The zero-order valence-electron chi connectivity index (χ0n) is 12.5. The van der Waals surface area contributed by atoms with Crippen LogP contribution in [0.3, 0.4) is 0 Å². The second-order valence-corrected chi connectivity index (χ2v) is 6.10. The van der Waals surface area contributed by atoms with Gasteiger partial charge < -0.3 is 15.5 Å². The van der Waals surface area contributed by atoms with Crippen LogP contribution in [-0.4, -0.2) is 42.0 Å². The Kier molecular flexibility index (Phi) is 4.39. The van der Waals surface area contributed by atoms with Gasteiger partial charge in [0.1, 0.15) is 5.82 Å². The van der Waals surface area contributed by atoms with Crippen molar-refractivity contribution in [2.75, 3.05) is 31.1 Å². The summed E-state index contributed by atoms with van der Waals surface area (Å²) >= 11 is 0. The first-order chi connectivity index (χ1) is 10.3. The number of pyridine rings is 1. The fraction of sp³-hybridized carbons (Fsp3) is 0.625. The van der Waals surface area contributed by atoms with E-state index < -0.39 is 0 Å². The van der Waals surface area contributed by atoms with Gasteiger partial charge in [0.15, 0.2) is 0 Å². The van der Waals surface area contributed by atoms with E-state index in [0.717, 1.165) is 44.0 Å². The minimum atomic E-state index is 0.339. The van der Waals surface area contributed by atoms with Crippen LogP contribution in [0.2, 0.25) is 0 Å². The molecule has 21 heavy (non-hydrogen) atoms. The van der Waals surface area contributed by atoms with Crippen LogP contribution < -0.4 is 10.6 Å². The Balaban J connectivity index is 1.50. The van der Waals surface area contributed by atoms with E-state index in [1.54, 1.807) is 0 Å². The summed E-state index contributed by atoms with van der Waals surface area (Å²) in [5, 5.41) is 0. The van der Waals surface area contributed by atoms with Crippen molar-refractivity contribution in [1.29, 1.82) is 0 Å². The number of nitrogens with zero attached hydrogens (tertiary/aromatic N) is 3. The SMILES string of the molecule is NCc1ccc(N2CCN(C(=O)CC3CCC3)CC2)nc1. The molecule has 3 rings (SSSR count). The maximum Gasteiger partial charge on any atom is 0.222 e. The molecule has 0 spiro atoms. The number of nitrogens with two attached hydrogens (primary N) is 1. The van der Waals surface area contributed by atoms with Crippen LogP contribution in [0.1, 0.15) is 31.2 Å². The topological polar surface area (TPSA) is 62.5 Å². The summed E-state index contributed by atoms with van der Waals surface area (Å²) in [5.74, 6) is 1.98. The van der Waals surface area contributed by atoms with Crippen molar-refractivity contribution in [2.24, 2.45) is 11.7 Å². The van der Waals surface area contributed by atoms with Crippen LogP contribution in [0.15, 0.2) is 18.3 Å². The molecular weight excluding hydrogens is 264 g/mol. The quantitative estimate of drug-likeness (QED) is 0.909. The number of piperazine rings is 1. The lowest BCUT2D eigenvalue weighted by atomic mass is 9.82. The van der Waals surface area contributed by atoms with Crippen molar-refractivity contribution >= 4 is 11.7 Å². The molecule has 2 N–H and O–H groups in total. The molecule has 0 aromatic carbocycles. The smallest absolute Gasteiger partial charge is 0.222 e. The minimum Gasteiger partial charge on any atom is -0.353 e. The molecule has 2 fully saturated rings. The Labute approximate surface area is 126 Å². The molecule has 2 heterocycles. The molecule has 0 unspecified atom stereocenters. The van der Waals surface area contributed by atoms with Gasteiger partial charge in [-0.05, 0) is 30.4 Å². The van der Waals surface area contributed by atoms with Gasteiger partial charge in [0.05, 0.1) is 0 Å². The number of carbonyl (C=O) groups is 1. The highest BCUT2D eigenvalue weighted by atomic mass is 16.2. The second-order valence-electron chi connectivity index (χ2n) is 6.10. The standard InChI is InChI=1S/C16H24N4O/c17-11-14-4-5-15(18-12-14)19-6-8-20(9-7-19)16(21)10-13-2-1-3-13/h4-5,12-13H,1-3,6-11,17H2. The summed E-state index contributed by atoms with van der Waals surface area (Å²) in [6.07, 6.45) is 6.37. The Morgan fingerprint density at radius 2 is 2.00 bits per heavy atom. The van der Waals surface area contributed by atoms with Crippen molar-refractivity contribution in [2.45, 2.75) is 32.2 Å². The first kappa shape index (κ1) is 14.3. The summed E-state index contributed by atoms with van der Waals surface area (Å²) in [6.45, 7) is 3.88. The van der Waals surface area contributed by atoms with E-state index in [2.05, 4.69) is 9.88 Å². The molecule has 0 bridgehead atoms. The number of amides is 1. The Bertz CT molecular complexity index is 476. The van der Waals surface area contributed by atoms with Crippen LogP contribution in [0.25, 0.3) is 0 Å². The molecule has 1 aliphatic carbocycles. The van der Waals surface area contributed by atoms with Gasteiger partial charge in [-0.3, -0.25) is 4.79 Å². The summed E-state index contributed by atoms with van der Waals surface area (Å²) in [4.78, 5) is 20.9. The predicted molar refractivity (Wildman–Crippen MR) is 82.9 cm³/mol. The number of anilines is 1. The minimum absolute atomic E-state index is 0.339. The third-order valence-corrected chi connectivity index (χ3v) is 4.69. The highest BCUT2D eigenvalue weighted by molar-refractivity contribution is 5.76. The van der Waals surface area contributed by atoms with E-state index in [4.69, 9.17) is 5.73 Å². The summed E-state index contributed by atoms with van der Waals surface area (Å²) < 4.78 is 0. The van der Waals surface area contributed by atoms with Gasteiger partial charge in [-0.1, -0.05) is 12.5 Å². The van der Waals surface area contributed by atoms with Crippen LogP contribution in [0.4, 0.5) is 5.82 Å². The summed E-state index contributed by atoms with van der Waals surface area (Å²) in [5.41, 5.74) is 6.64. The second kappa shape index (κ2) is 6.43. The molecule has 1 aliphatic heterocycles. The van der Waals surface area contributed by atoms with Gasteiger partial charge >= 0.3 is 0 Å². The fourth-order valence-electron chi connectivity index (χ4n) is 2.98. The van der Waals surface area contributed by atoms with Gasteiger partial charge in [0.25, 0.3) is 0 Å². The maximum absolute atomic E-state index is 12.2. The van der Waals surface area contributed by atoms with Crippen molar-refractivity contribution in [3.05, 3.63) is 23.9 Å². The van der Waals surface area contributed by atoms with Crippen LogP contribution in [0, 0.1) is 5.92 Å². The van der Waals surface area contributed by atoms with E-state index in [9.17, 15) is 4.79 Å². The molecule has 5 heteroatoms. The van der Waals surface area contributed by atoms with Gasteiger partial charge in [0.2, 0.25) is 5.91 Å². The largest absolute Gasteiger partial charge is 0.353 e. The highest BCUT2D eigenvalue weighted by Gasteiger charge is 2.26. The zero-order valence-corrected chi connectivity index (χ0v) is 12.5. The molecule has 114 valence electrons. The number of carbonyl (C=O) groups excluding carboxylic acids is 1. The number of hydrogen-bond donors (Lipinski definition) is 1. The lowest BCUT2D eigenvalue weighted by molar-refractivity contribution is -0.133. The van der Waals surface area contributed by atoms with Crippen LogP contribution in [-0.2, 0) is 11.3 Å². The van der Waals surface area contributed by atoms with Crippen molar-refractivity contribution < 1.29 is 4.79 Å². The molecule has 2 aliphatic rings. The molecule has 1 aromatic heterocycles. The van der Waals surface area contributed by atoms with Crippen molar-refractivity contribution in [3.8, 4) is 0 Å². The van der Waals surface area contributed by atoms with Crippen molar-refractivity contribution in [3.63, 3.8) is 0 Å². The van der Waals surface area contributed by atoms with Gasteiger partial charge in [-0.15, -0.1) is 0 Å². The average Bonchev–Trinajstić information content (AvgIpc) is 2.51. The highest BCUT2D eigenvalue weighted by Crippen LogP contribution is 2.30. The maximum atomic E-state index is 12.2. The summed E-state index contributed by atoms with van der Waals surface area (Å²) in [7, 11) is 0. The molecule has 0 atom stereocenters. The van der Waals surface area contributed by atoms with E-state index >= 15 is 0 Å². The zero-order chi connectivity index (χ0) is 14.7. The Hall–Kier alpha value is -1.62. The number of rotatable bonds is 4. The van der Waals surface area contributed by atoms with E-state index in [1.807, 2.05) is 23.2 Å². The third-order valence-electron chi connectivity index (χ3n) is 4.69. The molecule has 1 aromatic rings. The lowest BCUT2D eigenvalue weighted by Gasteiger charge is -2.36. The number of aromatic nitrogens is 1. The summed E-state index contributed by atoms with van der Waals surface area (Å²) in [6, 6.07) is 4.05. The van der Waals surface area contributed by atoms with E-state index in [1.165, 1.54) is 19.3 Å². The first-order valence-electron chi connectivity index (χ1n) is 7.94. The van der Waals surface area contributed by atoms with Gasteiger partial charge in [-0.25, -0.2) is 4.98 Å². The van der Waals surface area contributed by atoms with E-state index in [-0.39, 0.29) is 0 Å². The monoisotopic (exact) mass is 288 g/mol. The first-order valence-corrected chi connectivity index (χ1v) is 7.94. The van der Waals surface area contributed by atoms with E-state index in [0.29, 0.717) is 18.4 Å². The average molecular weight is 288 g/mol. The Morgan fingerprint density at radius 3 is 2.52 bits per heavy atom. The normalized spacial score (nSPS) is 19.5. The third kappa shape index (κ3) is 3.35. The molecule has 1 saturated carbocycles. The molecule has 5 nitrogen and oxygen atoms in total. The Morgan fingerprint density at radius 1 is 1.24 bits per heavy atom. The van der Waals surface area contributed by atoms with Gasteiger partial charge in [0, 0.05) is 45.3 Å². The molecule has 0 radical (unpaired) electrons.